The van der Waals surface area contributed by atoms with Crippen LogP contribution < -0.4 is 4.74 Å². The predicted octanol–water partition coefficient (Wildman–Crippen LogP) is 2.55. The van der Waals surface area contributed by atoms with Crippen LogP contribution in [0.4, 0.5) is 0 Å². The van der Waals surface area contributed by atoms with Gasteiger partial charge >= 0.3 is 0 Å². The van der Waals surface area contributed by atoms with Gasteiger partial charge in [-0.05, 0) is 38.5 Å². The Kier molecular flexibility index (Phi) is 4.36. The van der Waals surface area contributed by atoms with Crippen LogP contribution in [0.5, 0.6) is 5.88 Å². The van der Waals surface area contributed by atoms with E-state index in [9.17, 15) is 4.79 Å². The van der Waals surface area contributed by atoms with Crippen LogP contribution in [0.2, 0.25) is 0 Å². The Labute approximate surface area is 153 Å². The summed E-state index contributed by atoms with van der Waals surface area (Å²) in [7, 11) is 0. The molecule has 0 saturated carbocycles. The van der Waals surface area contributed by atoms with Crippen molar-refractivity contribution < 1.29 is 14.3 Å². The van der Waals surface area contributed by atoms with Crippen LogP contribution in [-0.4, -0.2) is 52.2 Å². The Bertz CT molecular complexity index is 791. The number of ether oxygens (including phenoxy) is 2. The maximum atomic E-state index is 12.9. The molecule has 0 aliphatic carbocycles. The molecule has 0 aromatic carbocycles. The number of amides is 1. The van der Waals surface area contributed by atoms with Gasteiger partial charge in [0, 0.05) is 42.2 Å². The van der Waals surface area contributed by atoms with E-state index >= 15 is 0 Å². The highest BCUT2D eigenvalue weighted by molar-refractivity contribution is 5.94. The van der Waals surface area contributed by atoms with E-state index in [2.05, 4.69) is 9.97 Å². The van der Waals surface area contributed by atoms with Crippen LogP contribution in [0.1, 0.15) is 34.6 Å². The molecule has 2 aliphatic rings. The van der Waals surface area contributed by atoms with E-state index in [1.54, 1.807) is 6.20 Å². The molecule has 2 atom stereocenters. The summed E-state index contributed by atoms with van der Waals surface area (Å²) in [4.78, 5) is 23.3. The van der Waals surface area contributed by atoms with Gasteiger partial charge in [-0.3, -0.25) is 9.78 Å². The smallest absolute Gasteiger partial charge is 0.254 e. The molecule has 26 heavy (non-hydrogen) atoms. The van der Waals surface area contributed by atoms with Crippen LogP contribution in [0.25, 0.3) is 0 Å². The fraction of sp³-hybridized carbons (Fsp3) is 0.450. The van der Waals surface area contributed by atoms with Gasteiger partial charge in [-0.1, -0.05) is 6.07 Å². The third-order valence-electron chi connectivity index (χ3n) is 5.03. The summed E-state index contributed by atoms with van der Waals surface area (Å²) in [6.07, 6.45) is 3.31. The molecule has 1 amide bonds. The number of aryl methyl sites for hydroxylation is 2. The lowest BCUT2D eigenvalue weighted by Gasteiger charge is -2.23. The molecule has 2 aromatic rings. The molecule has 136 valence electrons. The molecule has 4 heterocycles. The van der Waals surface area contributed by atoms with E-state index in [1.807, 2.05) is 49.1 Å². The third-order valence-corrected chi connectivity index (χ3v) is 5.03. The maximum Gasteiger partial charge on any atom is 0.254 e. The second-order valence-electron chi connectivity index (χ2n) is 7.22. The fourth-order valence-corrected chi connectivity index (χ4v) is 3.91. The first-order valence-electron chi connectivity index (χ1n) is 8.99. The summed E-state index contributed by atoms with van der Waals surface area (Å²) in [6.45, 7) is 5.67. The van der Waals surface area contributed by atoms with E-state index in [4.69, 9.17) is 9.47 Å². The number of pyridine rings is 2. The van der Waals surface area contributed by atoms with Crippen molar-refractivity contribution in [3.05, 3.63) is 53.5 Å². The lowest BCUT2D eigenvalue weighted by Crippen LogP contribution is -2.36. The fourth-order valence-electron chi connectivity index (χ4n) is 3.91. The monoisotopic (exact) mass is 353 g/mol. The topological polar surface area (TPSA) is 64.6 Å². The molecule has 0 N–H and O–H groups in total. The van der Waals surface area contributed by atoms with Gasteiger partial charge in [0.2, 0.25) is 5.88 Å². The SMILES string of the molecule is Cc1cc(C(=O)N2CC[C@]3(C[C@H](Oc4ccccn4)CO3)C2)cc(C)n1. The minimum absolute atomic E-state index is 0.0228. The van der Waals surface area contributed by atoms with Crippen molar-refractivity contribution in [3.63, 3.8) is 0 Å². The van der Waals surface area contributed by atoms with Gasteiger partial charge in [-0.25, -0.2) is 4.98 Å². The van der Waals surface area contributed by atoms with E-state index < -0.39 is 0 Å². The van der Waals surface area contributed by atoms with Gasteiger partial charge in [0.15, 0.2) is 0 Å². The summed E-state index contributed by atoms with van der Waals surface area (Å²) in [5.41, 5.74) is 2.13. The van der Waals surface area contributed by atoms with Gasteiger partial charge in [-0.2, -0.15) is 0 Å². The minimum atomic E-state index is -0.299. The minimum Gasteiger partial charge on any atom is -0.472 e. The van der Waals surface area contributed by atoms with Gasteiger partial charge in [0.1, 0.15) is 6.10 Å². The molecule has 0 unspecified atom stereocenters. The first-order chi connectivity index (χ1) is 12.5. The number of nitrogens with zero attached hydrogens (tertiary/aromatic N) is 3. The Morgan fingerprint density at radius 3 is 2.85 bits per heavy atom. The zero-order valence-corrected chi connectivity index (χ0v) is 15.1. The molecule has 2 saturated heterocycles. The maximum absolute atomic E-state index is 12.9. The molecule has 6 heteroatoms. The standard InChI is InChI=1S/C20H23N3O3/c1-14-9-16(10-15(2)22-14)19(24)23-8-6-20(13-23)11-17(12-25-20)26-18-5-3-4-7-21-18/h3-5,7,9-10,17H,6,8,11-13H2,1-2H3/t17-,20-/m0/s1. The quantitative estimate of drug-likeness (QED) is 0.848. The molecule has 4 rings (SSSR count). The van der Waals surface area contributed by atoms with E-state index in [0.717, 1.165) is 24.2 Å². The Morgan fingerprint density at radius 1 is 1.31 bits per heavy atom. The van der Waals surface area contributed by atoms with Crippen molar-refractivity contribution in [2.45, 2.75) is 38.4 Å². The summed E-state index contributed by atoms with van der Waals surface area (Å²) in [5, 5.41) is 0. The average Bonchev–Trinajstić information content (AvgIpc) is 3.21. The number of aromatic nitrogens is 2. The summed E-state index contributed by atoms with van der Waals surface area (Å²) in [5.74, 6) is 0.667. The van der Waals surface area contributed by atoms with Crippen molar-refractivity contribution >= 4 is 5.91 Å². The summed E-state index contributed by atoms with van der Waals surface area (Å²) >= 11 is 0. The number of hydrogen-bond acceptors (Lipinski definition) is 5. The van der Waals surface area contributed by atoms with Gasteiger partial charge < -0.3 is 14.4 Å². The number of likely N-dealkylation sites (tertiary alicyclic amines) is 1. The molecule has 2 aromatic heterocycles. The first-order valence-corrected chi connectivity index (χ1v) is 8.99. The van der Waals surface area contributed by atoms with Crippen LogP contribution in [0.3, 0.4) is 0 Å². The molecule has 2 fully saturated rings. The van der Waals surface area contributed by atoms with Crippen molar-refractivity contribution in [2.75, 3.05) is 19.7 Å². The summed E-state index contributed by atoms with van der Waals surface area (Å²) < 4.78 is 12.0. The Balaban J connectivity index is 1.41. The van der Waals surface area contributed by atoms with Crippen molar-refractivity contribution in [2.24, 2.45) is 0 Å². The average molecular weight is 353 g/mol. The zero-order valence-electron chi connectivity index (χ0n) is 15.1. The van der Waals surface area contributed by atoms with Gasteiger partial charge in [0.25, 0.3) is 5.91 Å². The number of rotatable bonds is 3. The molecule has 1 spiro atoms. The molecule has 2 aliphatic heterocycles. The lowest BCUT2D eigenvalue weighted by molar-refractivity contribution is 0.00985. The third kappa shape index (κ3) is 3.42. The van der Waals surface area contributed by atoms with E-state index in [1.165, 1.54) is 0 Å². The molecule has 0 radical (unpaired) electrons. The highest BCUT2D eigenvalue weighted by Crippen LogP contribution is 2.37. The highest BCUT2D eigenvalue weighted by atomic mass is 16.6. The largest absolute Gasteiger partial charge is 0.472 e. The molecular formula is C20H23N3O3. The molecule has 6 nitrogen and oxygen atoms in total. The van der Waals surface area contributed by atoms with Crippen molar-refractivity contribution in [1.82, 2.24) is 14.9 Å². The second kappa shape index (κ2) is 6.68. The number of hydrogen-bond donors (Lipinski definition) is 0. The van der Waals surface area contributed by atoms with Crippen LogP contribution >= 0.6 is 0 Å². The lowest BCUT2D eigenvalue weighted by atomic mass is 9.98. The normalized spacial score (nSPS) is 25.0. The first kappa shape index (κ1) is 17.0. The van der Waals surface area contributed by atoms with Crippen molar-refractivity contribution in [3.8, 4) is 5.88 Å². The molecule has 0 bridgehead atoms. The Morgan fingerprint density at radius 2 is 2.12 bits per heavy atom. The number of carbonyl (C=O) groups excluding carboxylic acids is 1. The second-order valence-corrected chi connectivity index (χ2v) is 7.22. The highest BCUT2D eigenvalue weighted by Gasteiger charge is 2.47. The number of carbonyl (C=O) groups is 1. The van der Waals surface area contributed by atoms with E-state index in [-0.39, 0.29) is 17.6 Å². The van der Waals surface area contributed by atoms with Crippen molar-refractivity contribution in [1.29, 1.82) is 0 Å². The van der Waals surface area contributed by atoms with Crippen LogP contribution in [0.15, 0.2) is 36.5 Å². The van der Waals surface area contributed by atoms with E-state index in [0.29, 0.717) is 31.1 Å². The van der Waals surface area contributed by atoms with Crippen LogP contribution in [-0.2, 0) is 4.74 Å². The summed E-state index contributed by atoms with van der Waals surface area (Å²) in [6, 6.07) is 9.32. The predicted molar refractivity (Wildman–Crippen MR) is 96.2 cm³/mol. The van der Waals surface area contributed by atoms with Crippen LogP contribution in [0, 0.1) is 13.8 Å². The van der Waals surface area contributed by atoms with Gasteiger partial charge in [-0.15, -0.1) is 0 Å². The Hall–Kier alpha value is -2.47. The zero-order chi connectivity index (χ0) is 18.1. The molecular weight excluding hydrogens is 330 g/mol. The van der Waals surface area contributed by atoms with Gasteiger partial charge in [0.05, 0.1) is 18.8 Å².